The van der Waals surface area contributed by atoms with Crippen molar-refractivity contribution in [3.8, 4) is 6.07 Å². The van der Waals surface area contributed by atoms with Gasteiger partial charge in [-0.05, 0) is 18.1 Å². The fourth-order valence-electron chi connectivity index (χ4n) is 1.17. The van der Waals surface area contributed by atoms with E-state index < -0.39 is 0 Å². The zero-order valence-corrected chi connectivity index (χ0v) is 6.73. The van der Waals surface area contributed by atoms with Gasteiger partial charge in [0.25, 0.3) is 0 Å². The molecule has 0 aliphatic carbocycles. The first-order chi connectivity index (χ1) is 4.84. The zero-order valence-electron chi connectivity index (χ0n) is 5.92. The fourth-order valence-corrected chi connectivity index (χ4v) is 2.36. The Hall–Kier alpha value is -0.200. The van der Waals surface area contributed by atoms with Crippen LogP contribution in [0.15, 0.2) is 0 Å². The molecule has 0 unspecified atom stereocenters. The van der Waals surface area contributed by atoms with E-state index in [1.54, 1.807) is 0 Å². The molecule has 0 amide bonds. The molecule has 3 heteroatoms. The van der Waals surface area contributed by atoms with Crippen molar-refractivity contribution in [1.29, 1.82) is 5.26 Å². The normalized spacial score (nSPS) is 33.2. The summed E-state index contributed by atoms with van der Waals surface area (Å²) in [5.74, 6) is 2.68. The number of nitriles is 1. The summed E-state index contributed by atoms with van der Waals surface area (Å²) in [6.45, 7) is 0. The van der Waals surface area contributed by atoms with Crippen LogP contribution in [-0.2, 0) is 0 Å². The van der Waals surface area contributed by atoms with E-state index in [-0.39, 0.29) is 6.04 Å². The Kier molecular flexibility index (Phi) is 3.04. The Bertz CT molecular complexity index is 141. The second-order valence-electron chi connectivity index (χ2n) is 2.65. The SMILES string of the molecule is N#CC[C@H]1CCSC[C@@H]1N. The molecule has 0 spiro atoms. The Balaban J connectivity index is 2.34. The van der Waals surface area contributed by atoms with Gasteiger partial charge in [-0.1, -0.05) is 0 Å². The molecule has 1 aliphatic rings. The maximum atomic E-state index is 8.42. The quantitative estimate of drug-likeness (QED) is 0.615. The third-order valence-electron chi connectivity index (χ3n) is 1.90. The van der Waals surface area contributed by atoms with Crippen LogP contribution in [0.3, 0.4) is 0 Å². The van der Waals surface area contributed by atoms with Crippen LogP contribution in [0.1, 0.15) is 12.8 Å². The van der Waals surface area contributed by atoms with Gasteiger partial charge >= 0.3 is 0 Å². The third-order valence-corrected chi connectivity index (χ3v) is 3.05. The van der Waals surface area contributed by atoms with Gasteiger partial charge in [-0.15, -0.1) is 0 Å². The summed E-state index contributed by atoms with van der Waals surface area (Å²) < 4.78 is 0. The summed E-state index contributed by atoms with van der Waals surface area (Å²) in [5.41, 5.74) is 5.79. The minimum atomic E-state index is 0.262. The Labute approximate surface area is 65.8 Å². The highest BCUT2D eigenvalue weighted by atomic mass is 32.2. The van der Waals surface area contributed by atoms with Crippen molar-refractivity contribution in [2.45, 2.75) is 18.9 Å². The van der Waals surface area contributed by atoms with E-state index in [9.17, 15) is 0 Å². The Morgan fingerprint density at radius 1 is 1.70 bits per heavy atom. The maximum Gasteiger partial charge on any atom is 0.0625 e. The van der Waals surface area contributed by atoms with Crippen molar-refractivity contribution >= 4 is 11.8 Å². The van der Waals surface area contributed by atoms with E-state index in [4.69, 9.17) is 11.0 Å². The van der Waals surface area contributed by atoms with Gasteiger partial charge in [0.05, 0.1) is 6.07 Å². The van der Waals surface area contributed by atoms with Gasteiger partial charge in [-0.2, -0.15) is 17.0 Å². The van der Waals surface area contributed by atoms with E-state index in [0.717, 1.165) is 12.2 Å². The molecule has 56 valence electrons. The molecule has 0 bridgehead atoms. The lowest BCUT2D eigenvalue weighted by Crippen LogP contribution is -2.35. The summed E-state index contributed by atoms with van der Waals surface area (Å²) >= 11 is 1.90. The fraction of sp³-hybridized carbons (Fsp3) is 0.857. The van der Waals surface area contributed by atoms with Gasteiger partial charge in [-0.3, -0.25) is 0 Å². The first-order valence-electron chi connectivity index (χ1n) is 3.55. The first-order valence-corrected chi connectivity index (χ1v) is 4.70. The number of thioether (sulfide) groups is 1. The number of nitrogens with two attached hydrogens (primary N) is 1. The molecule has 0 aromatic heterocycles. The van der Waals surface area contributed by atoms with E-state index in [0.29, 0.717) is 12.3 Å². The molecule has 1 saturated heterocycles. The molecule has 2 nitrogen and oxygen atoms in total. The topological polar surface area (TPSA) is 49.8 Å². The highest BCUT2D eigenvalue weighted by molar-refractivity contribution is 7.99. The van der Waals surface area contributed by atoms with Crippen molar-refractivity contribution < 1.29 is 0 Å². The largest absolute Gasteiger partial charge is 0.327 e. The summed E-state index contributed by atoms with van der Waals surface area (Å²) in [5, 5.41) is 8.42. The van der Waals surface area contributed by atoms with Crippen LogP contribution in [0.5, 0.6) is 0 Å². The van der Waals surface area contributed by atoms with Crippen molar-refractivity contribution in [3.05, 3.63) is 0 Å². The average molecular weight is 156 g/mol. The summed E-state index contributed by atoms with van der Waals surface area (Å²) in [6, 6.07) is 2.44. The number of rotatable bonds is 1. The van der Waals surface area contributed by atoms with E-state index >= 15 is 0 Å². The van der Waals surface area contributed by atoms with E-state index in [1.165, 1.54) is 5.75 Å². The monoisotopic (exact) mass is 156 g/mol. The van der Waals surface area contributed by atoms with Gasteiger partial charge in [0.15, 0.2) is 0 Å². The molecular weight excluding hydrogens is 144 g/mol. The third kappa shape index (κ3) is 1.89. The zero-order chi connectivity index (χ0) is 7.40. The lowest BCUT2D eigenvalue weighted by atomic mass is 9.95. The van der Waals surface area contributed by atoms with Gasteiger partial charge in [0, 0.05) is 18.2 Å². The molecule has 1 aliphatic heterocycles. The molecule has 2 N–H and O–H groups in total. The number of hydrogen-bond acceptors (Lipinski definition) is 3. The highest BCUT2D eigenvalue weighted by Crippen LogP contribution is 2.23. The number of nitrogens with zero attached hydrogens (tertiary/aromatic N) is 1. The van der Waals surface area contributed by atoms with Crippen LogP contribution < -0.4 is 5.73 Å². The van der Waals surface area contributed by atoms with Crippen molar-refractivity contribution in [1.82, 2.24) is 0 Å². The molecule has 0 aromatic rings. The van der Waals surface area contributed by atoms with Gasteiger partial charge in [-0.25, -0.2) is 0 Å². The van der Waals surface area contributed by atoms with Gasteiger partial charge in [0.2, 0.25) is 0 Å². The number of hydrogen-bond donors (Lipinski definition) is 1. The standard InChI is InChI=1S/C7H12N2S/c8-3-1-6-2-4-10-5-7(6)9/h6-7H,1-2,4-5,9H2/t6-,7-/m0/s1. The molecule has 10 heavy (non-hydrogen) atoms. The molecular formula is C7H12N2S. The molecule has 2 atom stereocenters. The van der Waals surface area contributed by atoms with Gasteiger partial charge < -0.3 is 5.73 Å². The van der Waals surface area contributed by atoms with Crippen LogP contribution in [0.25, 0.3) is 0 Å². The molecule has 0 radical (unpaired) electrons. The van der Waals surface area contributed by atoms with Crippen LogP contribution in [0.4, 0.5) is 0 Å². The Morgan fingerprint density at radius 3 is 3.10 bits per heavy atom. The van der Waals surface area contributed by atoms with Crippen LogP contribution in [-0.4, -0.2) is 17.5 Å². The van der Waals surface area contributed by atoms with Crippen molar-refractivity contribution in [2.24, 2.45) is 11.7 Å². The first kappa shape index (κ1) is 7.90. The molecule has 0 saturated carbocycles. The van der Waals surface area contributed by atoms with Crippen molar-refractivity contribution in [2.75, 3.05) is 11.5 Å². The summed E-state index contributed by atoms with van der Waals surface area (Å²) in [7, 11) is 0. The minimum Gasteiger partial charge on any atom is -0.327 e. The molecule has 1 rings (SSSR count). The second-order valence-corrected chi connectivity index (χ2v) is 3.80. The molecule has 0 aromatic carbocycles. The van der Waals surface area contributed by atoms with Crippen LogP contribution in [0, 0.1) is 17.2 Å². The second kappa shape index (κ2) is 3.85. The van der Waals surface area contributed by atoms with E-state index in [1.807, 2.05) is 11.8 Å². The predicted octanol–water partition coefficient (Wildman–Crippen LogP) is 0.980. The summed E-state index contributed by atoms with van der Waals surface area (Å²) in [4.78, 5) is 0. The smallest absolute Gasteiger partial charge is 0.0625 e. The van der Waals surface area contributed by atoms with Gasteiger partial charge in [0.1, 0.15) is 0 Å². The highest BCUT2D eigenvalue weighted by Gasteiger charge is 2.21. The van der Waals surface area contributed by atoms with Crippen LogP contribution >= 0.6 is 11.8 Å². The minimum absolute atomic E-state index is 0.262. The lowest BCUT2D eigenvalue weighted by molar-refractivity contribution is 0.436. The van der Waals surface area contributed by atoms with Crippen molar-refractivity contribution in [3.63, 3.8) is 0 Å². The Morgan fingerprint density at radius 2 is 2.50 bits per heavy atom. The van der Waals surface area contributed by atoms with E-state index in [2.05, 4.69) is 6.07 Å². The average Bonchev–Trinajstić information content (AvgIpc) is 1.94. The van der Waals surface area contributed by atoms with Crippen LogP contribution in [0.2, 0.25) is 0 Å². The molecule has 1 fully saturated rings. The summed E-state index contributed by atoms with van der Waals surface area (Å²) in [6.07, 6.45) is 1.76. The predicted molar refractivity (Wildman–Crippen MR) is 43.6 cm³/mol. The lowest BCUT2D eigenvalue weighted by Gasteiger charge is -2.25. The maximum absolute atomic E-state index is 8.42. The molecule has 1 heterocycles.